The molecule has 0 saturated heterocycles. The fraction of sp³-hybridized carbons (Fsp3) is 0.250. The summed E-state index contributed by atoms with van der Waals surface area (Å²) >= 11 is 0. The Morgan fingerprint density at radius 3 is 2.42 bits per heavy atom. The maximum atomic E-state index is 12.8. The van der Waals surface area contributed by atoms with Crippen molar-refractivity contribution in [3.8, 4) is 0 Å². The molecule has 1 aromatic carbocycles. The molecule has 1 N–H and O–H groups in total. The number of halogens is 3. The average molecular weight is 341 g/mol. The summed E-state index contributed by atoms with van der Waals surface area (Å²) in [6.45, 7) is -0.283. The van der Waals surface area contributed by atoms with Crippen molar-refractivity contribution in [3.63, 3.8) is 0 Å². The standard InChI is InChI=1S/C16H14F3NO4/c1-10-5-11(7-12(6-10)15(22)23)14(21)20(9-16(17,18)19)8-13-3-2-4-24-13/h2-7H,8-9H2,1H3,(H,22,23). The van der Waals surface area contributed by atoms with Crippen molar-refractivity contribution in [1.29, 1.82) is 0 Å². The number of hydrogen-bond acceptors (Lipinski definition) is 3. The third-order valence-electron chi connectivity index (χ3n) is 3.16. The maximum absolute atomic E-state index is 12.8. The predicted molar refractivity (Wildman–Crippen MR) is 77.6 cm³/mol. The molecule has 8 heteroatoms. The molecule has 2 rings (SSSR count). The second-order valence-corrected chi connectivity index (χ2v) is 5.25. The van der Waals surface area contributed by atoms with Gasteiger partial charge in [-0.1, -0.05) is 0 Å². The zero-order valence-corrected chi connectivity index (χ0v) is 12.6. The molecule has 5 nitrogen and oxygen atoms in total. The van der Waals surface area contributed by atoms with Crippen LogP contribution in [0.2, 0.25) is 0 Å². The number of benzene rings is 1. The molecule has 0 radical (unpaired) electrons. The van der Waals surface area contributed by atoms with Crippen molar-refractivity contribution in [2.75, 3.05) is 6.54 Å². The largest absolute Gasteiger partial charge is 0.478 e. The number of carbonyl (C=O) groups is 2. The van der Waals surface area contributed by atoms with Gasteiger partial charge in [0.2, 0.25) is 0 Å². The number of amides is 1. The number of aryl methyl sites for hydroxylation is 1. The molecule has 1 heterocycles. The van der Waals surface area contributed by atoms with Crippen molar-refractivity contribution in [2.24, 2.45) is 0 Å². The van der Waals surface area contributed by atoms with Gasteiger partial charge < -0.3 is 14.4 Å². The van der Waals surface area contributed by atoms with Crippen molar-refractivity contribution < 1.29 is 32.3 Å². The lowest BCUT2D eigenvalue weighted by Gasteiger charge is -2.23. The first-order valence-electron chi connectivity index (χ1n) is 6.89. The van der Waals surface area contributed by atoms with E-state index in [0.29, 0.717) is 10.5 Å². The molecule has 1 amide bonds. The number of carbonyl (C=O) groups excluding carboxylic acids is 1. The van der Waals surface area contributed by atoms with Gasteiger partial charge in [-0.05, 0) is 42.8 Å². The zero-order chi connectivity index (χ0) is 17.9. The van der Waals surface area contributed by atoms with E-state index in [-0.39, 0.29) is 23.4 Å². The minimum Gasteiger partial charge on any atom is -0.478 e. The minimum absolute atomic E-state index is 0.122. The summed E-state index contributed by atoms with van der Waals surface area (Å²) in [4.78, 5) is 24.1. The summed E-state index contributed by atoms with van der Waals surface area (Å²) in [5, 5.41) is 9.03. The first kappa shape index (κ1) is 17.6. The minimum atomic E-state index is -4.60. The molecule has 0 fully saturated rings. The Kier molecular flexibility index (Phi) is 4.96. The lowest BCUT2D eigenvalue weighted by molar-refractivity contribution is -0.142. The number of furan rings is 1. The number of carboxylic acids is 1. The maximum Gasteiger partial charge on any atom is 0.406 e. The number of aromatic carboxylic acids is 1. The fourth-order valence-corrected chi connectivity index (χ4v) is 2.22. The van der Waals surface area contributed by atoms with Crippen molar-refractivity contribution in [3.05, 3.63) is 59.0 Å². The van der Waals surface area contributed by atoms with E-state index < -0.39 is 24.6 Å². The Balaban J connectivity index is 2.34. The molecule has 0 aliphatic rings. The summed E-state index contributed by atoms with van der Waals surface area (Å²) in [6.07, 6.45) is -3.30. The number of rotatable bonds is 5. The summed E-state index contributed by atoms with van der Waals surface area (Å²) in [7, 11) is 0. The number of carboxylic acid groups (broad SMARTS) is 1. The molecule has 2 aromatic rings. The molecule has 0 unspecified atom stereocenters. The van der Waals surface area contributed by atoms with Crippen LogP contribution in [0.1, 0.15) is 32.0 Å². The molecule has 0 saturated carbocycles. The Morgan fingerprint density at radius 1 is 1.21 bits per heavy atom. The molecular weight excluding hydrogens is 327 g/mol. The Morgan fingerprint density at radius 2 is 1.88 bits per heavy atom. The molecule has 0 bridgehead atoms. The Labute approximate surface area is 135 Å². The van der Waals surface area contributed by atoms with Gasteiger partial charge in [-0.2, -0.15) is 13.2 Å². The van der Waals surface area contributed by atoms with E-state index in [4.69, 9.17) is 9.52 Å². The monoisotopic (exact) mass is 341 g/mol. The third kappa shape index (κ3) is 4.61. The third-order valence-corrected chi connectivity index (χ3v) is 3.16. The molecule has 0 aliphatic heterocycles. The van der Waals surface area contributed by atoms with E-state index in [0.717, 1.165) is 6.07 Å². The van der Waals surface area contributed by atoms with Gasteiger partial charge in [0.05, 0.1) is 18.4 Å². The number of nitrogens with zero attached hydrogens (tertiary/aromatic N) is 1. The molecule has 1 aromatic heterocycles. The van der Waals surface area contributed by atoms with E-state index in [1.54, 1.807) is 6.92 Å². The zero-order valence-electron chi connectivity index (χ0n) is 12.6. The van der Waals surface area contributed by atoms with Crippen LogP contribution in [0, 0.1) is 6.92 Å². The highest BCUT2D eigenvalue weighted by Crippen LogP contribution is 2.21. The van der Waals surface area contributed by atoms with Crippen LogP contribution >= 0.6 is 0 Å². The van der Waals surface area contributed by atoms with E-state index >= 15 is 0 Å². The smallest absolute Gasteiger partial charge is 0.406 e. The quantitative estimate of drug-likeness (QED) is 0.904. The summed E-state index contributed by atoms with van der Waals surface area (Å²) in [5.41, 5.74) is 0.176. The lowest BCUT2D eigenvalue weighted by atomic mass is 10.1. The van der Waals surface area contributed by atoms with Crippen molar-refractivity contribution in [2.45, 2.75) is 19.6 Å². The van der Waals surface area contributed by atoms with Crippen LogP contribution < -0.4 is 0 Å². The van der Waals surface area contributed by atoms with Crippen LogP contribution in [0.15, 0.2) is 41.0 Å². The van der Waals surface area contributed by atoms with E-state index in [1.165, 1.54) is 30.5 Å². The van der Waals surface area contributed by atoms with Crippen LogP contribution in [-0.2, 0) is 6.54 Å². The van der Waals surface area contributed by atoms with Crippen LogP contribution in [0.4, 0.5) is 13.2 Å². The first-order chi connectivity index (χ1) is 11.2. The van der Waals surface area contributed by atoms with Gasteiger partial charge in [-0.25, -0.2) is 4.79 Å². The molecule has 24 heavy (non-hydrogen) atoms. The van der Waals surface area contributed by atoms with Gasteiger partial charge in [0.1, 0.15) is 12.3 Å². The second kappa shape index (κ2) is 6.77. The topological polar surface area (TPSA) is 70.8 Å². The summed E-state index contributed by atoms with van der Waals surface area (Å²) in [5.74, 6) is -1.99. The van der Waals surface area contributed by atoms with Crippen LogP contribution in [0.3, 0.4) is 0 Å². The Hall–Kier alpha value is -2.77. The molecule has 0 aliphatic carbocycles. The predicted octanol–water partition coefficient (Wildman–Crippen LogP) is 3.49. The SMILES string of the molecule is Cc1cc(C(=O)O)cc(C(=O)N(Cc2ccco2)CC(F)(F)F)c1. The van der Waals surface area contributed by atoms with Gasteiger partial charge in [-0.15, -0.1) is 0 Å². The van der Waals surface area contributed by atoms with E-state index in [9.17, 15) is 22.8 Å². The van der Waals surface area contributed by atoms with E-state index in [1.807, 2.05) is 0 Å². The van der Waals surface area contributed by atoms with Crippen LogP contribution in [-0.4, -0.2) is 34.6 Å². The highest BCUT2D eigenvalue weighted by atomic mass is 19.4. The number of alkyl halides is 3. The molecule has 0 spiro atoms. The van der Waals surface area contributed by atoms with Gasteiger partial charge in [0.15, 0.2) is 0 Å². The molecule has 128 valence electrons. The normalized spacial score (nSPS) is 11.3. The first-order valence-corrected chi connectivity index (χ1v) is 6.89. The summed E-state index contributed by atoms with van der Waals surface area (Å²) < 4.78 is 43.3. The highest BCUT2D eigenvalue weighted by molar-refractivity contribution is 5.97. The lowest BCUT2D eigenvalue weighted by Crippen LogP contribution is -2.38. The van der Waals surface area contributed by atoms with Crippen LogP contribution in [0.25, 0.3) is 0 Å². The second-order valence-electron chi connectivity index (χ2n) is 5.25. The van der Waals surface area contributed by atoms with Crippen molar-refractivity contribution >= 4 is 11.9 Å². The molecule has 0 atom stereocenters. The van der Waals surface area contributed by atoms with E-state index in [2.05, 4.69) is 0 Å². The van der Waals surface area contributed by atoms with Crippen LogP contribution in [0.5, 0.6) is 0 Å². The highest BCUT2D eigenvalue weighted by Gasteiger charge is 2.34. The van der Waals surface area contributed by atoms with Gasteiger partial charge in [0, 0.05) is 5.56 Å². The fourth-order valence-electron chi connectivity index (χ4n) is 2.22. The van der Waals surface area contributed by atoms with Gasteiger partial charge >= 0.3 is 12.1 Å². The van der Waals surface area contributed by atoms with Crippen molar-refractivity contribution in [1.82, 2.24) is 4.90 Å². The van der Waals surface area contributed by atoms with Gasteiger partial charge in [-0.3, -0.25) is 4.79 Å². The van der Waals surface area contributed by atoms with Gasteiger partial charge in [0.25, 0.3) is 5.91 Å². The summed E-state index contributed by atoms with van der Waals surface area (Å²) in [6, 6.07) is 6.69. The number of hydrogen-bond donors (Lipinski definition) is 1. The average Bonchev–Trinajstić information content (AvgIpc) is 2.96. The Bertz CT molecular complexity index is 738. The molecular formula is C16H14F3NO4.